The molecule has 1 aromatic rings. The molecular formula is C16H22N4O5. The molecule has 136 valence electrons. The van der Waals surface area contributed by atoms with Crippen LogP contribution in [0.15, 0.2) is 18.2 Å². The second kappa shape index (κ2) is 7.93. The monoisotopic (exact) mass is 350 g/mol. The molecule has 1 saturated carbocycles. The Kier molecular flexibility index (Phi) is 5.92. The lowest BCUT2D eigenvalue weighted by atomic mass is 9.85. The third-order valence-electron chi connectivity index (χ3n) is 4.46. The van der Waals surface area contributed by atoms with Crippen LogP contribution in [0.1, 0.15) is 25.3 Å². The molecule has 0 aliphatic heterocycles. The van der Waals surface area contributed by atoms with Gasteiger partial charge in [-0.1, -0.05) is 13.0 Å². The van der Waals surface area contributed by atoms with E-state index in [9.17, 15) is 19.7 Å². The summed E-state index contributed by atoms with van der Waals surface area (Å²) in [5.74, 6) is -0.864. The summed E-state index contributed by atoms with van der Waals surface area (Å²) in [6.45, 7) is 4.12. The molecule has 0 saturated heterocycles. The minimum Gasteiger partial charge on any atom is -0.480 e. The van der Waals surface area contributed by atoms with Gasteiger partial charge in [-0.25, -0.2) is 4.79 Å². The van der Waals surface area contributed by atoms with Crippen molar-refractivity contribution in [2.45, 2.75) is 38.8 Å². The molecule has 0 atom stereocenters. The van der Waals surface area contributed by atoms with Gasteiger partial charge in [-0.15, -0.1) is 0 Å². The van der Waals surface area contributed by atoms with Crippen molar-refractivity contribution in [3.8, 4) is 0 Å². The maximum Gasteiger partial charge on any atom is 0.319 e. The third-order valence-corrected chi connectivity index (χ3v) is 4.46. The average molecular weight is 350 g/mol. The zero-order chi connectivity index (χ0) is 18.6. The molecule has 1 aromatic carbocycles. The highest BCUT2D eigenvalue weighted by Crippen LogP contribution is 2.27. The number of benzene rings is 1. The molecule has 0 radical (unpaired) electrons. The van der Waals surface area contributed by atoms with Crippen LogP contribution in [0.5, 0.6) is 0 Å². The molecule has 25 heavy (non-hydrogen) atoms. The molecule has 9 nitrogen and oxygen atoms in total. The van der Waals surface area contributed by atoms with Crippen LogP contribution in [0.4, 0.5) is 16.2 Å². The first-order chi connectivity index (χ1) is 11.8. The normalized spacial score (nSPS) is 19.2. The lowest BCUT2D eigenvalue weighted by molar-refractivity contribution is -0.385. The second-order valence-corrected chi connectivity index (χ2v) is 6.08. The number of amides is 2. The predicted octanol–water partition coefficient (Wildman–Crippen LogP) is 1.96. The van der Waals surface area contributed by atoms with Gasteiger partial charge in [0.2, 0.25) is 0 Å². The Labute approximate surface area is 145 Å². The number of nitrogens with zero attached hydrogens (tertiary/aromatic N) is 2. The van der Waals surface area contributed by atoms with Gasteiger partial charge in [0.25, 0.3) is 5.69 Å². The van der Waals surface area contributed by atoms with E-state index in [2.05, 4.69) is 10.6 Å². The van der Waals surface area contributed by atoms with Crippen molar-refractivity contribution < 1.29 is 19.6 Å². The Bertz CT molecular complexity index is 672. The fourth-order valence-electron chi connectivity index (χ4n) is 2.98. The Hall–Kier alpha value is -2.68. The first-order valence-electron chi connectivity index (χ1n) is 8.09. The SMILES string of the molecule is CCN(CC(=O)O)C1CC(NC(=O)Nc2cccc([N+](=O)[O-])c2C)C1. The van der Waals surface area contributed by atoms with Crippen LogP contribution in [-0.4, -0.2) is 52.1 Å². The van der Waals surface area contributed by atoms with Gasteiger partial charge in [0.05, 0.1) is 22.7 Å². The van der Waals surface area contributed by atoms with E-state index < -0.39 is 16.9 Å². The maximum atomic E-state index is 12.1. The first kappa shape index (κ1) is 18.7. The number of likely N-dealkylation sites (N-methyl/N-ethyl adjacent to an activating group) is 1. The van der Waals surface area contributed by atoms with Gasteiger partial charge in [0, 0.05) is 18.2 Å². The van der Waals surface area contributed by atoms with Crippen molar-refractivity contribution in [1.82, 2.24) is 10.2 Å². The van der Waals surface area contributed by atoms with Crippen LogP contribution in [0, 0.1) is 17.0 Å². The van der Waals surface area contributed by atoms with Gasteiger partial charge < -0.3 is 15.7 Å². The van der Waals surface area contributed by atoms with Gasteiger partial charge >= 0.3 is 12.0 Å². The highest BCUT2D eigenvalue weighted by atomic mass is 16.6. The van der Waals surface area contributed by atoms with E-state index in [0.717, 1.165) is 0 Å². The van der Waals surface area contributed by atoms with Crippen LogP contribution in [0.25, 0.3) is 0 Å². The Morgan fingerprint density at radius 3 is 2.64 bits per heavy atom. The molecule has 1 aliphatic carbocycles. The quantitative estimate of drug-likeness (QED) is 0.510. The fraction of sp³-hybridized carbons (Fsp3) is 0.500. The summed E-state index contributed by atoms with van der Waals surface area (Å²) in [6, 6.07) is 4.20. The minimum absolute atomic E-state index is 0.00698. The number of carbonyl (C=O) groups is 2. The van der Waals surface area contributed by atoms with E-state index in [-0.39, 0.29) is 24.3 Å². The van der Waals surface area contributed by atoms with Gasteiger partial charge in [0.1, 0.15) is 0 Å². The van der Waals surface area contributed by atoms with Crippen molar-refractivity contribution in [2.24, 2.45) is 0 Å². The average Bonchev–Trinajstić information content (AvgIpc) is 2.50. The number of nitro benzene ring substituents is 1. The van der Waals surface area contributed by atoms with Gasteiger partial charge in [-0.05, 0) is 32.4 Å². The lowest BCUT2D eigenvalue weighted by Crippen LogP contribution is -2.55. The highest BCUT2D eigenvalue weighted by Gasteiger charge is 2.34. The van der Waals surface area contributed by atoms with E-state index in [0.29, 0.717) is 30.6 Å². The molecule has 0 unspecified atom stereocenters. The van der Waals surface area contributed by atoms with Gasteiger partial charge in [-0.3, -0.25) is 19.8 Å². The summed E-state index contributed by atoms with van der Waals surface area (Å²) in [5.41, 5.74) is 0.741. The number of nitrogens with one attached hydrogen (secondary N) is 2. The number of carboxylic acid groups (broad SMARTS) is 1. The number of hydrogen-bond acceptors (Lipinski definition) is 5. The van der Waals surface area contributed by atoms with Crippen molar-refractivity contribution in [3.63, 3.8) is 0 Å². The molecule has 2 amide bonds. The number of aliphatic carboxylic acids is 1. The summed E-state index contributed by atoms with van der Waals surface area (Å²) < 4.78 is 0. The zero-order valence-corrected chi connectivity index (χ0v) is 14.2. The third kappa shape index (κ3) is 4.66. The van der Waals surface area contributed by atoms with Gasteiger partial charge in [0.15, 0.2) is 0 Å². The molecule has 3 N–H and O–H groups in total. The van der Waals surface area contributed by atoms with Crippen LogP contribution in [0.3, 0.4) is 0 Å². The molecule has 2 rings (SSSR count). The fourth-order valence-corrected chi connectivity index (χ4v) is 2.98. The van der Waals surface area contributed by atoms with E-state index in [1.165, 1.54) is 12.1 Å². The van der Waals surface area contributed by atoms with Crippen molar-refractivity contribution in [3.05, 3.63) is 33.9 Å². The molecule has 0 spiro atoms. The molecule has 1 fully saturated rings. The number of rotatable bonds is 7. The number of hydrogen-bond donors (Lipinski definition) is 3. The molecule has 9 heteroatoms. The summed E-state index contributed by atoms with van der Waals surface area (Å²) in [6.07, 6.45) is 1.37. The topological polar surface area (TPSA) is 125 Å². The Balaban J connectivity index is 1.86. The van der Waals surface area contributed by atoms with E-state index in [1.54, 1.807) is 13.0 Å². The lowest BCUT2D eigenvalue weighted by Gasteiger charge is -2.42. The standard InChI is InChI=1S/C16H22N4O5/c1-3-19(9-15(21)22)12-7-11(8-12)17-16(23)18-13-5-4-6-14(10(13)2)20(24)25/h4-6,11-12H,3,7-9H2,1-2H3,(H,21,22)(H2,17,18,23). The number of nitro groups is 1. The maximum absolute atomic E-state index is 12.1. The van der Waals surface area contributed by atoms with E-state index >= 15 is 0 Å². The second-order valence-electron chi connectivity index (χ2n) is 6.08. The van der Waals surface area contributed by atoms with Crippen LogP contribution >= 0.6 is 0 Å². The molecule has 1 aliphatic rings. The first-order valence-corrected chi connectivity index (χ1v) is 8.09. The molecule has 0 bridgehead atoms. The summed E-state index contributed by atoms with van der Waals surface area (Å²) in [7, 11) is 0. The smallest absolute Gasteiger partial charge is 0.319 e. The number of anilines is 1. The minimum atomic E-state index is -0.864. The van der Waals surface area contributed by atoms with Gasteiger partial charge in [-0.2, -0.15) is 0 Å². The van der Waals surface area contributed by atoms with Crippen molar-refractivity contribution in [2.75, 3.05) is 18.4 Å². The van der Waals surface area contributed by atoms with E-state index in [4.69, 9.17) is 5.11 Å². The molecule has 0 aromatic heterocycles. The van der Waals surface area contributed by atoms with Crippen LogP contribution in [-0.2, 0) is 4.79 Å². The van der Waals surface area contributed by atoms with Crippen LogP contribution < -0.4 is 10.6 Å². The number of urea groups is 1. The largest absolute Gasteiger partial charge is 0.480 e. The summed E-state index contributed by atoms with van der Waals surface area (Å²) in [5, 5.41) is 25.2. The summed E-state index contributed by atoms with van der Waals surface area (Å²) >= 11 is 0. The number of carbonyl (C=O) groups excluding carboxylic acids is 1. The number of carboxylic acids is 1. The Morgan fingerprint density at radius 1 is 1.40 bits per heavy atom. The van der Waals surface area contributed by atoms with Crippen molar-refractivity contribution >= 4 is 23.4 Å². The summed E-state index contributed by atoms with van der Waals surface area (Å²) in [4.78, 5) is 35.2. The zero-order valence-electron chi connectivity index (χ0n) is 14.2. The van der Waals surface area contributed by atoms with E-state index in [1.807, 2.05) is 11.8 Å². The predicted molar refractivity (Wildman–Crippen MR) is 91.7 cm³/mol. The molecular weight excluding hydrogens is 328 g/mol. The highest BCUT2D eigenvalue weighted by molar-refractivity contribution is 5.91. The van der Waals surface area contributed by atoms with Crippen molar-refractivity contribution in [1.29, 1.82) is 0 Å². The molecule has 0 heterocycles. The Morgan fingerprint density at radius 2 is 2.08 bits per heavy atom. The van der Waals surface area contributed by atoms with Crippen LogP contribution in [0.2, 0.25) is 0 Å².